The second kappa shape index (κ2) is 8.10. The highest BCUT2D eigenvalue weighted by atomic mass is 32.1. The highest BCUT2D eigenvalue weighted by Gasteiger charge is 2.19. The van der Waals surface area contributed by atoms with E-state index in [1.54, 1.807) is 10.9 Å². The number of hydrogen-bond donors (Lipinski definition) is 0. The van der Waals surface area contributed by atoms with Gasteiger partial charge in [0.05, 0.1) is 5.69 Å². The van der Waals surface area contributed by atoms with Crippen LogP contribution < -0.4 is 0 Å². The predicted octanol–water partition coefficient (Wildman–Crippen LogP) is 3.26. The summed E-state index contributed by atoms with van der Waals surface area (Å²) in [6, 6.07) is 1.81. The molecule has 0 atom stereocenters. The molecule has 0 bridgehead atoms. The van der Waals surface area contributed by atoms with E-state index in [9.17, 15) is 9.59 Å². The molecule has 0 spiro atoms. The molecule has 0 aliphatic rings. The standard InChI is InChI=1S/C20H24N4O3S/c1-12-10-17(15(4)24(12)20-21-8-9-28-20)18(25)11-27-19(26)7-6-16-13(2)22-23(5)14(16)3/h8-10H,6-7,11H2,1-5H3. The highest BCUT2D eigenvalue weighted by Crippen LogP contribution is 2.22. The Labute approximate surface area is 168 Å². The van der Waals surface area contributed by atoms with Gasteiger partial charge in [0.2, 0.25) is 5.78 Å². The van der Waals surface area contributed by atoms with Gasteiger partial charge in [-0.3, -0.25) is 18.8 Å². The highest BCUT2D eigenvalue weighted by molar-refractivity contribution is 7.12. The van der Waals surface area contributed by atoms with Crippen LogP contribution in [-0.4, -0.2) is 37.7 Å². The fourth-order valence-corrected chi connectivity index (χ4v) is 4.12. The largest absolute Gasteiger partial charge is 0.457 e. The molecule has 0 saturated heterocycles. The van der Waals surface area contributed by atoms with Crippen LogP contribution in [0.4, 0.5) is 0 Å². The summed E-state index contributed by atoms with van der Waals surface area (Å²) in [5.74, 6) is -0.595. The topological polar surface area (TPSA) is 79.0 Å². The quantitative estimate of drug-likeness (QED) is 0.449. The Morgan fingerprint density at radius 1 is 1.18 bits per heavy atom. The van der Waals surface area contributed by atoms with Gasteiger partial charge >= 0.3 is 5.97 Å². The van der Waals surface area contributed by atoms with Gasteiger partial charge in [-0.1, -0.05) is 0 Å². The number of Topliss-reactive ketones (excluding diaryl/α,β-unsaturated/α-hetero) is 1. The third kappa shape index (κ3) is 3.91. The third-order valence-corrected chi connectivity index (χ3v) is 5.70. The summed E-state index contributed by atoms with van der Waals surface area (Å²) < 4.78 is 8.96. The van der Waals surface area contributed by atoms with Crippen molar-refractivity contribution in [3.05, 3.63) is 51.5 Å². The lowest BCUT2D eigenvalue weighted by Gasteiger charge is -2.07. The van der Waals surface area contributed by atoms with Gasteiger partial charge in [0.1, 0.15) is 0 Å². The molecule has 148 valence electrons. The lowest BCUT2D eigenvalue weighted by Crippen LogP contribution is -2.15. The number of aromatic nitrogens is 4. The summed E-state index contributed by atoms with van der Waals surface area (Å²) >= 11 is 1.50. The van der Waals surface area contributed by atoms with Crippen molar-refractivity contribution in [2.45, 2.75) is 40.5 Å². The lowest BCUT2D eigenvalue weighted by atomic mass is 10.1. The summed E-state index contributed by atoms with van der Waals surface area (Å²) in [5.41, 5.74) is 5.28. The predicted molar refractivity (Wildman–Crippen MR) is 107 cm³/mol. The maximum Gasteiger partial charge on any atom is 0.306 e. The van der Waals surface area contributed by atoms with Gasteiger partial charge in [0.15, 0.2) is 11.7 Å². The minimum absolute atomic E-state index is 0.210. The van der Waals surface area contributed by atoms with Crippen LogP contribution in [0.2, 0.25) is 0 Å². The molecule has 0 aromatic carbocycles. The molecule has 0 radical (unpaired) electrons. The first-order chi connectivity index (χ1) is 13.3. The Kier molecular flexibility index (Phi) is 5.79. The normalized spacial score (nSPS) is 11.0. The van der Waals surface area contributed by atoms with Crippen LogP contribution in [0, 0.1) is 27.7 Å². The van der Waals surface area contributed by atoms with Gasteiger partial charge in [-0.2, -0.15) is 5.10 Å². The number of nitrogens with zero attached hydrogens (tertiary/aromatic N) is 4. The number of carbonyl (C=O) groups excluding carboxylic acids is 2. The van der Waals surface area contributed by atoms with E-state index in [4.69, 9.17) is 4.74 Å². The first kappa shape index (κ1) is 20.0. The maximum atomic E-state index is 12.6. The molecular weight excluding hydrogens is 376 g/mol. The average molecular weight is 401 g/mol. The molecule has 0 unspecified atom stereocenters. The molecule has 0 aliphatic carbocycles. The summed E-state index contributed by atoms with van der Waals surface area (Å²) in [4.78, 5) is 29.0. The van der Waals surface area contributed by atoms with E-state index in [0.717, 1.165) is 33.5 Å². The van der Waals surface area contributed by atoms with Gasteiger partial charge in [-0.05, 0) is 45.7 Å². The Morgan fingerprint density at radius 3 is 2.54 bits per heavy atom. The van der Waals surface area contributed by atoms with Crippen molar-refractivity contribution in [1.82, 2.24) is 19.3 Å². The number of aryl methyl sites for hydroxylation is 3. The number of carbonyl (C=O) groups is 2. The third-order valence-electron chi connectivity index (χ3n) is 4.94. The van der Waals surface area contributed by atoms with Gasteiger partial charge in [-0.15, -0.1) is 11.3 Å². The molecule has 3 rings (SSSR count). The van der Waals surface area contributed by atoms with E-state index < -0.39 is 0 Å². The second-order valence-electron chi connectivity index (χ2n) is 6.79. The molecule has 0 fully saturated rings. The van der Waals surface area contributed by atoms with Crippen LogP contribution in [0.3, 0.4) is 0 Å². The first-order valence-corrected chi connectivity index (χ1v) is 9.94. The van der Waals surface area contributed by atoms with Crippen LogP contribution in [0.25, 0.3) is 5.13 Å². The van der Waals surface area contributed by atoms with Crippen LogP contribution in [0.15, 0.2) is 17.6 Å². The van der Waals surface area contributed by atoms with Crippen molar-refractivity contribution >= 4 is 23.1 Å². The zero-order valence-electron chi connectivity index (χ0n) is 16.8. The summed E-state index contributed by atoms with van der Waals surface area (Å²) in [6.07, 6.45) is 2.50. The minimum atomic E-state index is -0.385. The average Bonchev–Trinajstić information content (AvgIpc) is 3.32. The number of esters is 1. The van der Waals surface area contributed by atoms with Crippen molar-refractivity contribution < 1.29 is 14.3 Å². The fraction of sp³-hybridized carbons (Fsp3) is 0.400. The van der Waals surface area contributed by atoms with Crippen molar-refractivity contribution in [1.29, 1.82) is 0 Å². The van der Waals surface area contributed by atoms with Gasteiger partial charge in [-0.25, -0.2) is 4.98 Å². The van der Waals surface area contributed by atoms with E-state index in [-0.39, 0.29) is 24.8 Å². The molecule has 0 amide bonds. The summed E-state index contributed by atoms with van der Waals surface area (Å²) in [6.45, 7) is 7.44. The molecular formula is C20H24N4O3S. The Bertz CT molecular complexity index is 1020. The number of thiazole rings is 1. The van der Waals surface area contributed by atoms with Gasteiger partial charge in [0, 0.05) is 47.7 Å². The molecule has 0 N–H and O–H groups in total. The van der Waals surface area contributed by atoms with Gasteiger partial charge in [0.25, 0.3) is 0 Å². The smallest absolute Gasteiger partial charge is 0.306 e. The first-order valence-electron chi connectivity index (χ1n) is 9.06. The molecule has 7 nitrogen and oxygen atoms in total. The molecule has 0 aliphatic heterocycles. The molecule has 28 heavy (non-hydrogen) atoms. The lowest BCUT2D eigenvalue weighted by molar-refractivity contribution is -0.142. The van der Waals surface area contributed by atoms with Gasteiger partial charge < -0.3 is 4.74 Å². The molecule has 3 aromatic heterocycles. The van der Waals surface area contributed by atoms with Crippen LogP contribution in [-0.2, 0) is 23.0 Å². The molecule has 3 aromatic rings. The number of ketones is 1. The summed E-state index contributed by atoms with van der Waals surface area (Å²) in [5, 5.41) is 7.05. The molecule has 3 heterocycles. The second-order valence-corrected chi connectivity index (χ2v) is 7.66. The SMILES string of the molecule is Cc1nn(C)c(C)c1CCC(=O)OCC(=O)c1cc(C)n(-c2nccs2)c1C. The zero-order chi connectivity index (χ0) is 20.4. The van der Waals surface area contributed by atoms with Crippen molar-refractivity contribution in [2.75, 3.05) is 6.61 Å². The monoisotopic (exact) mass is 400 g/mol. The van der Waals surface area contributed by atoms with Crippen LogP contribution in [0.1, 0.15) is 45.1 Å². The van der Waals surface area contributed by atoms with E-state index >= 15 is 0 Å². The summed E-state index contributed by atoms with van der Waals surface area (Å²) in [7, 11) is 1.88. The Balaban J connectivity index is 1.60. The Morgan fingerprint density at radius 2 is 1.93 bits per heavy atom. The van der Waals surface area contributed by atoms with Crippen molar-refractivity contribution in [2.24, 2.45) is 7.05 Å². The van der Waals surface area contributed by atoms with E-state index in [1.807, 2.05) is 50.8 Å². The van der Waals surface area contributed by atoms with E-state index in [1.165, 1.54) is 11.3 Å². The minimum Gasteiger partial charge on any atom is -0.457 e. The molecule has 8 heteroatoms. The van der Waals surface area contributed by atoms with E-state index in [2.05, 4.69) is 10.1 Å². The van der Waals surface area contributed by atoms with Crippen LogP contribution >= 0.6 is 11.3 Å². The van der Waals surface area contributed by atoms with Crippen LogP contribution in [0.5, 0.6) is 0 Å². The number of hydrogen-bond acceptors (Lipinski definition) is 6. The van der Waals surface area contributed by atoms with Crippen molar-refractivity contribution in [3.8, 4) is 5.13 Å². The maximum absolute atomic E-state index is 12.6. The molecule has 0 saturated carbocycles. The Hall–Kier alpha value is -2.74. The number of rotatable bonds is 7. The zero-order valence-corrected chi connectivity index (χ0v) is 17.6. The number of ether oxygens (including phenoxy) is 1. The fourth-order valence-electron chi connectivity index (χ4n) is 3.37. The van der Waals surface area contributed by atoms with Crippen molar-refractivity contribution in [3.63, 3.8) is 0 Å². The van der Waals surface area contributed by atoms with E-state index in [0.29, 0.717) is 12.0 Å².